The number of hydrogen-bond acceptors (Lipinski definition) is 4. The molecule has 0 fully saturated rings. The molecule has 0 N–H and O–H groups in total. The first-order valence-corrected chi connectivity index (χ1v) is 8.89. The van der Waals surface area contributed by atoms with Crippen LogP contribution >= 0.6 is 11.3 Å². The molecule has 0 saturated carbocycles. The van der Waals surface area contributed by atoms with Crippen LogP contribution in [0.5, 0.6) is 17.2 Å². The summed E-state index contributed by atoms with van der Waals surface area (Å²) in [6.45, 7) is 8.57. The molecule has 1 heterocycles. The number of hydrogen-bond donors (Lipinski definition) is 0. The molecule has 3 rings (SSSR count). The number of aryl methyl sites for hydroxylation is 2. The monoisotopic (exact) mass is 341 g/mol. The van der Waals surface area contributed by atoms with E-state index in [1.165, 1.54) is 5.56 Å². The summed E-state index contributed by atoms with van der Waals surface area (Å²) in [5, 5.41) is 1.05. The zero-order valence-electron chi connectivity index (χ0n) is 14.6. The molecule has 0 spiro atoms. The number of rotatable bonds is 5. The molecule has 1 aromatic heterocycles. The minimum Gasteiger partial charge on any atom is -0.488 e. The van der Waals surface area contributed by atoms with Gasteiger partial charge in [-0.1, -0.05) is 37.6 Å². The molecular weight excluding hydrogens is 318 g/mol. The van der Waals surface area contributed by atoms with Gasteiger partial charge in [0.1, 0.15) is 23.9 Å². The van der Waals surface area contributed by atoms with Crippen molar-refractivity contribution < 1.29 is 9.47 Å². The number of benzene rings is 2. The maximum absolute atomic E-state index is 5.84. The van der Waals surface area contributed by atoms with Crippen molar-refractivity contribution in [3.8, 4) is 17.2 Å². The molecule has 0 aliphatic heterocycles. The summed E-state index contributed by atoms with van der Waals surface area (Å²) in [6.07, 6.45) is 1.85. The third-order valence-corrected chi connectivity index (χ3v) is 4.00. The molecule has 4 heteroatoms. The lowest BCUT2D eigenvalue weighted by Crippen LogP contribution is -1.93. The largest absolute Gasteiger partial charge is 0.488 e. The van der Waals surface area contributed by atoms with Gasteiger partial charge in [0, 0.05) is 12.3 Å². The number of thiazole rings is 1. The highest BCUT2D eigenvalue weighted by Gasteiger charge is 2.02. The Labute approximate surface area is 147 Å². The van der Waals surface area contributed by atoms with Crippen LogP contribution in [0.4, 0.5) is 0 Å². The molecule has 0 unspecified atom stereocenters. The van der Waals surface area contributed by atoms with Crippen molar-refractivity contribution in [3.63, 3.8) is 0 Å². The van der Waals surface area contributed by atoms with E-state index in [0.717, 1.165) is 27.1 Å². The third kappa shape index (κ3) is 5.39. The fraction of sp³-hybridized carbons (Fsp3) is 0.250. The number of ether oxygens (including phenoxy) is 2. The van der Waals surface area contributed by atoms with Crippen LogP contribution in [0.2, 0.25) is 0 Å². The zero-order chi connectivity index (χ0) is 17.4. The molecule has 3 nitrogen and oxygen atoms in total. The predicted octanol–water partition coefficient (Wildman–Crippen LogP) is 6.16. The van der Waals surface area contributed by atoms with E-state index in [2.05, 4.69) is 11.9 Å². The van der Waals surface area contributed by atoms with Gasteiger partial charge in [0.25, 0.3) is 0 Å². The van der Waals surface area contributed by atoms with Gasteiger partial charge in [-0.15, -0.1) is 11.3 Å². The Morgan fingerprint density at radius 1 is 0.917 bits per heavy atom. The lowest BCUT2D eigenvalue weighted by molar-refractivity contribution is 0.308. The summed E-state index contributed by atoms with van der Waals surface area (Å²) in [6, 6.07) is 15.7. The first-order valence-electron chi connectivity index (χ1n) is 8.08. The van der Waals surface area contributed by atoms with Crippen molar-refractivity contribution in [3.05, 3.63) is 70.2 Å². The van der Waals surface area contributed by atoms with Gasteiger partial charge >= 0.3 is 0 Å². The minimum absolute atomic E-state index is 0.527. The molecule has 0 amide bonds. The normalized spacial score (nSPS) is 9.83. The summed E-state index contributed by atoms with van der Waals surface area (Å²) in [5.74, 6) is 2.37. The Balaban J connectivity index is 0.00000100. The first kappa shape index (κ1) is 18.0. The molecule has 0 bridgehead atoms. The third-order valence-electron chi connectivity index (χ3n) is 3.11. The quantitative estimate of drug-likeness (QED) is 0.557. The van der Waals surface area contributed by atoms with E-state index in [4.69, 9.17) is 9.47 Å². The fourth-order valence-electron chi connectivity index (χ4n) is 2.00. The predicted molar refractivity (Wildman–Crippen MR) is 100 cm³/mol. The van der Waals surface area contributed by atoms with Gasteiger partial charge in [-0.05, 0) is 38.1 Å². The highest BCUT2D eigenvalue weighted by molar-refractivity contribution is 7.11. The average Bonchev–Trinajstić information content (AvgIpc) is 3.03. The van der Waals surface area contributed by atoms with Crippen LogP contribution in [-0.2, 0) is 6.61 Å². The molecule has 2 aromatic carbocycles. The molecule has 0 aliphatic carbocycles. The van der Waals surface area contributed by atoms with E-state index < -0.39 is 0 Å². The van der Waals surface area contributed by atoms with Gasteiger partial charge in [-0.3, -0.25) is 0 Å². The van der Waals surface area contributed by atoms with Crippen LogP contribution < -0.4 is 9.47 Å². The summed E-state index contributed by atoms with van der Waals surface area (Å²) in [5.41, 5.74) is 1.21. The van der Waals surface area contributed by atoms with Crippen molar-refractivity contribution >= 4 is 11.3 Å². The molecule has 0 aliphatic rings. The van der Waals surface area contributed by atoms with E-state index in [1.807, 2.05) is 75.5 Å². The van der Waals surface area contributed by atoms with E-state index in [0.29, 0.717) is 6.61 Å². The average molecular weight is 341 g/mol. The lowest BCUT2D eigenvalue weighted by atomic mass is 10.2. The Hall–Kier alpha value is -2.33. The Kier molecular flexibility index (Phi) is 6.82. The number of nitrogens with zero attached hydrogens (tertiary/aromatic N) is 1. The molecule has 3 aromatic rings. The summed E-state index contributed by atoms with van der Waals surface area (Å²) in [7, 11) is 0. The molecule has 0 radical (unpaired) electrons. The summed E-state index contributed by atoms with van der Waals surface area (Å²) in [4.78, 5) is 5.34. The summed E-state index contributed by atoms with van der Waals surface area (Å²) < 4.78 is 11.6. The van der Waals surface area contributed by atoms with Gasteiger partial charge in [0.15, 0.2) is 0 Å². The molecular formula is C20H23NO2S. The van der Waals surface area contributed by atoms with Crippen LogP contribution in [0, 0.1) is 13.8 Å². The van der Waals surface area contributed by atoms with Crippen LogP contribution in [0.15, 0.2) is 54.7 Å². The maximum atomic E-state index is 5.84. The Morgan fingerprint density at radius 2 is 1.62 bits per heavy atom. The van der Waals surface area contributed by atoms with Crippen molar-refractivity contribution in [2.24, 2.45) is 0 Å². The smallest absolute Gasteiger partial charge is 0.131 e. The fourth-order valence-corrected chi connectivity index (χ4v) is 2.70. The molecule has 0 saturated heterocycles. The highest BCUT2D eigenvalue weighted by Crippen LogP contribution is 2.26. The zero-order valence-corrected chi connectivity index (χ0v) is 15.4. The van der Waals surface area contributed by atoms with E-state index in [1.54, 1.807) is 11.3 Å². The maximum Gasteiger partial charge on any atom is 0.131 e. The van der Waals surface area contributed by atoms with Crippen molar-refractivity contribution in [1.82, 2.24) is 4.98 Å². The highest BCUT2D eigenvalue weighted by atomic mass is 32.1. The van der Waals surface area contributed by atoms with E-state index in [9.17, 15) is 0 Å². The van der Waals surface area contributed by atoms with Crippen molar-refractivity contribution in [1.29, 1.82) is 0 Å². The van der Waals surface area contributed by atoms with E-state index >= 15 is 0 Å². The van der Waals surface area contributed by atoms with Gasteiger partial charge in [0.05, 0.1) is 9.88 Å². The lowest BCUT2D eigenvalue weighted by Gasteiger charge is -2.09. The van der Waals surface area contributed by atoms with E-state index in [-0.39, 0.29) is 0 Å². The second-order valence-corrected chi connectivity index (χ2v) is 6.34. The van der Waals surface area contributed by atoms with Gasteiger partial charge in [-0.25, -0.2) is 4.98 Å². The van der Waals surface area contributed by atoms with Gasteiger partial charge < -0.3 is 9.47 Å². The second-order valence-electron chi connectivity index (χ2n) is 5.02. The molecule has 0 atom stereocenters. The Bertz CT molecular complexity index is 750. The SMILES string of the molecule is CC.Cc1ccc(Oc2cccc(OCc3cnc(C)s3)c2)cc1. The second kappa shape index (κ2) is 9.08. The van der Waals surface area contributed by atoms with Crippen molar-refractivity contribution in [2.75, 3.05) is 0 Å². The van der Waals surface area contributed by atoms with Crippen LogP contribution in [0.1, 0.15) is 29.3 Å². The first-order chi connectivity index (χ1) is 11.7. The van der Waals surface area contributed by atoms with Gasteiger partial charge in [0.2, 0.25) is 0 Å². The molecule has 24 heavy (non-hydrogen) atoms. The van der Waals surface area contributed by atoms with Gasteiger partial charge in [-0.2, -0.15) is 0 Å². The number of aromatic nitrogens is 1. The Morgan fingerprint density at radius 3 is 2.29 bits per heavy atom. The topological polar surface area (TPSA) is 31.4 Å². The summed E-state index contributed by atoms with van der Waals surface area (Å²) >= 11 is 1.65. The standard InChI is InChI=1S/C18H17NO2S.C2H6/c1-13-6-8-15(9-7-13)21-17-5-3-4-16(10-17)20-12-18-11-19-14(2)22-18;1-2/h3-11H,12H2,1-2H3;1-2H3. The van der Waals surface area contributed by atoms with Crippen molar-refractivity contribution in [2.45, 2.75) is 34.3 Å². The minimum atomic E-state index is 0.527. The molecule has 126 valence electrons. The van der Waals surface area contributed by atoms with Crippen LogP contribution in [0.25, 0.3) is 0 Å². The van der Waals surface area contributed by atoms with Crippen LogP contribution in [-0.4, -0.2) is 4.98 Å². The van der Waals surface area contributed by atoms with Crippen LogP contribution in [0.3, 0.4) is 0 Å².